The van der Waals surface area contributed by atoms with Crippen molar-refractivity contribution >= 4 is 23.5 Å². The molecule has 0 fully saturated rings. The molecule has 6 nitrogen and oxygen atoms in total. The van der Waals surface area contributed by atoms with E-state index in [1.807, 2.05) is 42.5 Å². The monoisotopic (exact) mass is 383 g/mol. The Balaban J connectivity index is 1.84. The average molecular weight is 384 g/mol. The number of methoxy groups -OCH3 is 1. The summed E-state index contributed by atoms with van der Waals surface area (Å²) in [6.07, 6.45) is 0. The second-order valence-corrected chi connectivity index (χ2v) is 6.34. The molecule has 1 heterocycles. The van der Waals surface area contributed by atoms with Crippen molar-refractivity contribution in [1.82, 2.24) is 15.1 Å². The Labute approximate surface area is 161 Å². The second-order valence-electron chi connectivity index (χ2n) is 5.90. The van der Waals surface area contributed by atoms with E-state index in [2.05, 4.69) is 10.2 Å². The quantitative estimate of drug-likeness (QED) is 0.660. The van der Waals surface area contributed by atoms with Gasteiger partial charge < -0.3 is 9.64 Å². The molecule has 27 heavy (non-hydrogen) atoms. The lowest BCUT2D eigenvalue weighted by molar-refractivity contribution is -0.141. The third kappa shape index (κ3) is 4.74. The van der Waals surface area contributed by atoms with Crippen LogP contribution in [-0.2, 0) is 16.1 Å². The lowest BCUT2D eigenvalue weighted by Crippen LogP contribution is -2.36. The van der Waals surface area contributed by atoms with Crippen molar-refractivity contribution in [1.29, 1.82) is 0 Å². The first-order valence-electron chi connectivity index (χ1n) is 8.28. The molecule has 1 amide bonds. The van der Waals surface area contributed by atoms with Gasteiger partial charge in [-0.05, 0) is 23.8 Å². The van der Waals surface area contributed by atoms with E-state index in [1.54, 1.807) is 18.2 Å². The van der Waals surface area contributed by atoms with Gasteiger partial charge in [-0.15, -0.1) is 0 Å². The highest BCUT2D eigenvalue weighted by molar-refractivity contribution is 6.30. The van der Waals surface area contributed by atoms with Gasteiger partial charge in [0.2, 0.25) is 0 Å². The van der Waals surface area contributed by atoms with Gasteiger partial charge in [-0.25, -0.2) is 0 Å². The number of hydrogen-bond donors (Lipinski definition) is 1. The molecule has 1 aromatic heterocycles. The van der Waals surface area contributed by atoms with Crippen LogP contribution in [0, 0.1) is 0 Å². The molecule has 0 spiro atoms. The average Bonchev–Trinajstić information content (AvgIpc) is 3.18. The van der Waals surface area contributed by atoms with E-state index >= 15 is 0 Å². The van der Waals surface area contributed by atoms with Crippen molar-refractivity contribution in [2.45, 2.75) is 6.54 Å². The highest BCUT2D eigenvalue weighted by Gasteiger charge is 2.22. The third-order valence-electron chi connectivity index (χ3n) is 3.98. The van der Waals surface area contributed by atoms with Crippen LogP contribution in [0.1, 0.15) is 16.1 Å². The van der Waals surface area contributed by atoms with Gasteiger partial charge in [0.15, 0.2) is 0 Å². The minimum Gasteiger partial charge on any atom is -0.468 e. The molecule has 0 unspecified atom stereocenters. The lowest BCUT2D eigenvalue weighted by Gasteiger charge is -2.20. The topological polar surface area (TPSA) is 75.3 Å². The maximum atomic E-state index is 12.9. The van der Waals surface area contributed by atoms with E-state index < -0.39 is 5.97 Å². The predicted octanol–water partition coefficient (Wildman–Crippen LogP) is 3.55. The van der Waals surface area contributed by atoms with Crippen LogP contribution in [-0.4, -0.2) is 40.6 Å². The molecule has 3 rings (SSSR count). The molecular formula is C20H18ClN3O3. The number of amides is 1. The van der Waals surface area contributed by atoms with Crippen molar-refractivity contribution in [2.24, 2.45) is 0 Å². The Morgan fingerprint density at radius 3 is 2.59 bits per heavy atom. The number of nitrogens with one attached hydrogen (secondary N) is 1. The summed E-state index contributed by atoms with van der Waals surface area (Å²) in [5.74, 6) is -0.834. The van der Waals surface area contributed by atoms with E-state index in [1.165, 1.54) is 12.0 Å². The SMILES string of the molecule is COC(=O)CN(Cc1ccccc1)C(=O)c1cc(-c2cccc(Cl)c2)n[nH]1. The molecule has 0 saturated carbocycles. The number of nitrogens with zero attached hydrogens (tertiary/aromatic N) is 2. The fourth-order valence-corrected chi connectivity index (χ4v) is 2.81. The number of carbonyl (C=O) groups excluding carboxylic acids is 2. The van der Waals surface area contributed by atoms with E-state index in [0.29, 0.717) is 10.7 Å². The first kappa shape index (κ1) is 18.7. The van der Waals surface area contributed by atoms with Gasteiger partial charge in [-0.1, -0.05) is 54.1 Å². The number of H-pyrrole nitrogens is 1. The van der Waals surface area contributed by atoms with E-state index in [9.17, 15) is 9.59 Å². The zero-order valence-corrected chi connectivity index (χ0v) is 15.4. The number of carbonyl (C=O) groups is 2. The minimum atomic E-state index is -0.492. The fourth-order valence-electron chi connectivity index (χ4n) is 2.62. The van der Waals surface area contributed by atoms with E-state index in [-0.39, 0.29) is 24.7 Å². The molecule has 0 aliphatic heterocycles. The molecule has 7 heteroatoms. The molecule has 138 valence electrons. The molecule has 0 bridgehead atoms. The van der Waals surface area contributed by atoms with Crippen LogP contribution in [0.25, 0.3) is 11.3 Å². The van der Waals surface area contributed by atoms with Crippen LogP contribution in [0.2, 0.25) is 5.02 Å². The highest BCUT2D eigenvalue weighted by Crippen LogP contribution is 2.22. The summed E-state index contributed by atoms with van der Waals surface area (Å²) < 4.78 is 4.72. The molecular weight excluding hydrogens is 366 g/mol. The summed E-state index contributed by atoms with van der Waals surface area (Å²) >= 11 is 6.01. The zero-order chi connectivity index (χ0) is 19.2. The number of esters is 1. The van der Waals surface area contributed by atoms with Crippen molar-refractivity contribution in [3.05, 3.63) is 76.9 Å². The molecule has 2 aromatic carbocycles. The molecule has 3 aromatic rings. The summed E-state index contributed by atoms with van der Waals surface area (Å²) in [5.41, 5.74) is 2.58. The summed E-state index contributed by atoms with van der Waals surface area (Å²) in [4.78, 5) is 26.1. The Hall–Kier alpha value is -3.12. The first-order valence-corrected chi connectivity index (χ1v) is 8.66. The van der Waals surface area contributed by atoms with Crippen LogP contribution < -0.4 is 0 Å². The van der Waals surface area contributed by atoms with E-state index in [4.69, 9.17) is 16.3 Å². The second kappa shape index (κ2) is 8.51. The number of ether oxygens (including phenoxy) is 1. The standard InChI is InChI=1S/C20H18ClN3O3/c1-27-19(25)13-24(12-14-6-3-2-4-7-14)20(26)18-11-17(22-23-18)15-8-5-9-16(21)10-15/h2-11H,12-13H2,1H3,(H,22,23). The molecule has 0 aliphatic rings. The highest BCUT2D eigenvalue weighted by atomic mass is 35.5. The van der Waals surface area contributed by atoms with Gasteiger partial charge in [0.05, 0.1) is 12.8 Å². The Morgan fingerprint density at radius 2 is 1.89 bits per heavy atom. The predicted molar refractivity (Wildman–Crippen MR) is 102 cm³/mol. The van der Waals surface area contributed by atoms with Crippen molar-refractivity contribution in [2.75, 3.05) is 13.7 Å². The summed E-state index contributed by atoms with van der Waals surface area (Å²) in [6.45, 7) is 0.121. The lowest BCUT2D eigenvalue weighted by atomic mass is 10.1. The number of hydrogen-bond acceptors (Lipinski definition) is 4. The molecule has 0 saturated heterocycles. The normalized spacial score (nSPS) is 10.4. The largest absolute Gasteiger partial charge is 0.468 e. The first-order chi connectivity index (χ1) is 13.1. The maximum Gasteiger partial charge on any atom is 0.325 e. The Kier molecular flexibility index (Phi) is 5.88. The van der Waals surface area contributed by atoms with Gasteiger partial charge in [-0.2, -0.15) is 5.10 Å². The minimum absolute atomic E-state index is 0.157. The smallest absolute Gasteiger partial charge is 0.325 e. The molecule has 1 N–H and O–H groups in total. The maximum absolute atomic E-state index is 12.9. The van der Waals surface area contributed by atoms with Gasteiger partial charge in [0.25, 0.3) is 5.91 Å². The number of halogens is 1. The summed E-state index contributed by atoms with van der Waals surface area (Å²) in [6, 6.07) is 18.3. The van der Waals surface area contributed by atoms with Crippen LogP contribution in [0.5, 0.6) is 0 Å². The summed E-state index contributed by atoms with van der Waals surface area (Å²) in [7, 11) is 1.29. The Bertz CT molecular complexity index is 940. The van der Waals surface area contributed by atoms with Crippen LogP contribution in [0.3, 0.4) is 0 Å². The third-order valence-corrected chi connectivity index (χ3v) is 4.21. The van der Waals surface area contributed by atoms with Crippen LogP contribution in [0.15, 0.2) is 60.7 Å². The van der Waals surface area contributed by atoms with E-state index in [0.717, 1.165) is 11.1 Å². The number of aromatic amines is 1. The zero-order valence-electron chi connectivity index (χ0n) is 14.7. The molecule has 0 radical (unpaired) electrons. The molecule has 0 aliphatic carbocycles. The fraction of sp³-hybridized carbons (Fsp3) is 0.150. The number of benzene rings is 2. The van der Waals surface area contributed by atoms with Gasteiger partial charge in [-0.3, -0.25) is 14.7 Å². The van der Waals surface area contributed by atoms with Gasteiger partial charge >= 0.3 is 5.97 Å². The molecule has 0 atom stereocenters. The number of aromatic nitrogens is 2. The van der Waals surface area contributed by atoms with Crippen molar-refractivity contribution < 1.29 is 14.3 Å². The van der Waals surface area contributed by atoms with Gasteiger partial charge in [0, 0.05) is 17.1 Å². The van der Waals surface area contributed by atoms with Crippen LogP contribution in [0.4, 0.5) is 0 Å². The van der Waals surface area contributed by atoms with Gasteiger partial charge in [0.1, 0.15) is 12.2 Å². The van der Waals surface area contributed by atoms with Crippen molar-refractivity contribution in [3.63, 3.8) is 0 Å². The number of rotatable bonds is 6. The summed E-state index contributed by atoms with van der Waals surface area (Å²) in [5, 5.41) is 7.52. The van der Waals surface area contributed by atoms with Crippen LogP contribution >= 0.6 is 11.6 Å². The Morgan fingerprint density at radius 1 is 1.11 bits per heavy atom. The van der Waals surface area contributed by atoms with Crippen molar-refractivity contribution in [3.8, 4) is 11.3 Å².